The lowest BCUT2D eigenvalue weighted by Crippen LogP contribution is -2.39. The smallest absolute Gasteiger partial charge is 0.245 e. The lowest BCUT2D eigenvalue weighted by atomic mass is 10.2. The second-order valence-corrected chi connectivity index (χ2v) is 4.78. The van der Waals surface area contributed by atoms with Crippen molar-refractivity contribution in [2.45, 2.75) is 33.1 Å². The lowest BCUT2D eigenvalue weighted by molar-refractivity contribution is -0.135. The van der Waals surface area contributed by atoms with Crippen LogP contribution < -0.4 is 5.32 Å². The van der Waals surface area contributed by atoms with Crippen LogP contribution >= 0.6 is 0 Å². The summed E-state index contributed by atoms with van der Waals surface area (Å²) in [7, 11) is 1.56. The molecule has 0 fully saturated rings. The molecule has 7 heteroatoms. The van der Waals surface area contributed by atoms with Gasteiger partial charge in [-0.05, 0) is 13.3 Å². The number of hydrogen-bond acceptors (Lipinski definition) is 5. The molecule has 7 nitrogen and oxygen atoms in total. The Labute approximate surface area is 124 Å². The highest BCUT2D eigenvalue weighted by molar-refractivity contribution is 5.93. The number of carbonyl (C=O) groups excluding carboxylic acids is 2. The topological polar surface area (TPSA) is 84.7 Å². The third kappa shape index (κ3) is 6.40. The number of ether oxygens (including phenoxy) is 1. The van der Waals surface area contributed by atoms with E-state index in [0.717, 1.165) is 12.8 Å². The predicted octanol–water partition coefficient (Wildman–Crippen LogP) is 1.59. The summed E-state index contributed by atoms with van der Waals surface area (Å²) >= 11 is 0. The molecular formula is C14H23N3O4. The minimum Gasteiger partial charge on any atom is -0.383 e. The third-order valence-corrected chi connectivity index (χ3v) is 2.89. The van der Waals surface area contributed by atoms with E-state index in [1.807, 2.05) is 6.92 Å². The Balaban J connectivity index is 2.53. The molecule has 21 heavy (non-hydrogen) atoms. The van der Waals surface area contributed by atoms with Gasteiger partial charge in [0.05, 0.1) is 13.2 Å². The maximum Gasteiger partial charge on any atom is 0.245 e. The highest BCUT2D eigenvalue weighted by atomic mass is 16.5. The molecule has 0 aromatic carbocycles. The minimum atomic E-state index is -0.302. The SMILES string of the molecule is CCCCC(=O)N(CCOC)CC(=O)Nc1cc(C)on1. The lowest BCUT2D eigenvalue weighted by Gasteiger charge is -2.21. The van der Waals surface area contributed by atoms with Crippen LogP contribution in [0.15, 0.2) is 10.6 Å². The molecule has 0 saturated heterocycles. The monoisotopic (exact) mass is 297 g/mol. The second kappa shape index (κ2) is 9.12. The number of nitrogens with one attached hydrogen (secondary N) is 1. The van der Waals surface area contributed by atoms with Crippen LogP contribution in [0.5, 0.6) is 0 Å². The van der Waals surface area contributed by atoms with Gasteiger partial charge in [-0.25, -0.2) is 0 Å². The van der Waals surface area contributed by atoms with Crippen LogP contribution in [-0.4, -0.2) is 48.7 Å². The Morgan fingerprint density at radius 3 is 2.81 bits per heavy atom. The highest BCUT2D eigenvalue weighted by Crippen LogP contribution is 2.07. The molecule has 0 unspecified atom stereocenters. The van der Waals surface area contributed by atoms with E-state index in [1.54, 1.807) is 20.1 Å². The van der Waals surface area contributed by atoms with Crippen LogP contribution in [0.4, 0.5) is 5.82 Å². The molecule has 0 aliphatic heterocycles. The molecule has 0 bridgehead atoms. The van der Waals surface area contributed by atoms with Crippen LogP contribution in [0.3, 0.4) is 0 Å². The molecule has 1 rings (SSSR count). The number of aryl methyl sites for hydroxylation is 1. The molecule has 1 aromatic rings. The molecule has 1 N–H and O–H groups in total. The zero-order valence-electron chi connectivity index (χ0n) is 12.8. The van der Waals surface area contributed by atoms with Gasteiger partial charge in [0.2, 0.25) is 11.8 Å². The maximum absolute atomic E-state index is 12.1. The van der Waals surface area contributed by atoms with Crippen molar-refractivity contribution in [1.82, 2.24) is 10.1 Å². The number of aromatic nitrogens is 1. The number of unbranched alkanes of at least 4 members (excludes halogenated alkanes) is 1. The number of anilines is 1. The van der Waals surface area contributed by atoms with E-state index in [0.29, 0.717) is 31.2 Å². The average molecular weight is 297 g/mol. The molecule has 0 aliphatic carbocycles. The maximum atomic E-state index is 12.1. The van der Waals surface area contributed by atoms with E-state index in [-0.39, 0.29) is 18.4 Å². The van der Waals surface area contributed by atoms with Gasteiger partial charge in [0.15, 0.2) is 5.82 Å². The first-order valence-electron chi connectivity index (χ1n) is 7.06. The van der Waals surface area contributed by atoms with E-state index >= 15 is 0 Å². The van der Waals surface area contributed by atoms with Gasteiger partial charge in [-0.1, -0.05) is 18.5 Å². The summed E-state index contributed by atoms with van der Waals surface area (Å²) in [5.74, 6) is 0.621. The Morgan fingerprint density at radius 1 is 1.48 bits per heavy atom. The Kier molecular flexibility index (Phi) is 7.45. The standard InChI is InChI=1S/C14H23N3O4/c1-4-5-6-14(19)17(7-8-20-3)10-13(18)15-12-9-11(2)21-16-12/h9H,4-8,10H2,1-3H3,(H,15,16,18). The van der Waals surface area contributed by atoms with Gasteiger partial charge in [-0.15, -0.1) is 0 Å². The van der Waals surface area contributed by atoms with Crippen molar-refractivity contribution in [3.05, 3.63) is 11.8 Å². The van der Waals surface area contributed by atoms with E-state index in [1.165, 1.54) is 4.90 Å². The first kappa shape index (κ1) is 17.2. The largest absolute Gasteiger partial charge is 0.383 e. The fourth-order valence-electron chi connectivity index (χ4n) is 1.76. The Hall–Kier alpha value is -1.89. The first-order valence-corrected chi connectivity index (χ1v) is 7.06. The molecule has 2 amide bonds. The van der Waals surface area contributed by atoms with Gasteiger partial charge in [0.1, 0.15) is 5.76 Å². The fraction of sp³-hybridized carbons (Fsp3) is 0.643. The van der Waals surface area contributed by atoms with Crippen molar-refractivity contribution >= 4 is 17.6 Å². The summed E-state index contributed by atoms with van der Waals surface area (Å²) in [5.41, 5.74) is 0. The van der Waals surface area contributed by atoms with E-state index in [4.69, 9.17) is 9.26 Å². The van der Waals surface area contributed by atoms with Crippen molar-refractivity contribution in [2.75, 3.05) is 32.1 Å². The van der Waals surface area contributed by atoms with Crippen molar-refractivity contribution in [3.63, 3.8) is 0 Å². The summed E-state index contributed by atoms with van der Waals surface area (Å²) < 4.78 is 9.85. The van der Waals surface area contributed by atoms with Gasteiger partial charge in [0, 0.05) is 26.1 Å². The van der Waals surface area contributed by atoms with Gasteiger partial charge in [-0.2, -0.15) is 0 Å². The molecule has 0 saturated carbocycles. The van der Waals surface area contributed by atoms with Crippen LogP contribution in [0.1, 0.15) is 31.9 Å². The number of amides is 2. The van der Waals surface area contributed by atoms with Crippen LogP contribution in [0, 0.1) is 6.92 Å². The summed E-state index contributed by atoms with van der Waals surface area (Å²) in [6.45, 7) is 4.53. The molecule has 0 aliphatic rings. The van der Waals surface area contributed by atoms with Crippen molar-refractivity contribution < 1.29 is 18.8 Å². The fourth-order valence-corrected chi connectivity index (χ4v) is 1.76. The van der Waals surface area contributed by atoms with Crippen LogP contribution in [0.25, 0.3) is 0 Å². The van der Waals surface area contributed by atoms with Gasteiger partial charge < -0.3 is 19.5 Å². The van der Waals surface area contributed by atoms with Crippen molar-refractivity contribution in [3.8, 4) is 0 Å². The molecule has 1 heterocycles. The number of nitrogens with zero attached hydrogens (tertiary/aromatic N) is 2. The Bertz CT molecular complexity index is 459. The highest BCUT2D eigenvalue weighted by Gasteiger charge is 2.17. The number of hydrogen-bond donors (Lipinski definition) is 1. The number of methoxy groups -OCH3 is 1. The zero-order chi connectivity index (χ0) is 15.7. The molecule has 118 valence electrons. The first-order chi connectivity index (χ1) is 10.1. The number of carbonyl (C=O) groups is 2. The second-order valence-electron chi connectivity index (χ2n) is 4.78. The third-order valence-electron chi connectivity index (χ3n) is 2.89. The van der Waals surface area contributed by atoms with Crippen LogP contribution in [0.2, 0.25) is 0 Å². The van der Waals surface area contributed by atoms with Crippen molar-refractivity contribution in [2.24, 2.45) is 0 Å². The van der Waals surface area contributed by atoms with E-state index in [2.05, 4.69) is 10.5 Å². The minimum absolute atomic E-state index is 0.0161. The summed E-state index contributed by atoms with van der Waals surface area (Å²) in [4.78, 5) is 25.5. The van der Waals surface area contributed by atoms with E-state index in [9.17, 15) is 9.59 Å². The summed E-state index contributed by atoms with van der Waals surface area (Å²) in [6, 6.07) is 1.62. The normalized spacial score (nSPS) is 10.4. The van der Waals surface area contributed by atoms with Crippen molar-refractivity contribution in [1.29, 1.82) is 0 Å². The average Bonchev–Trinajstić information content (AvgIpc) is 2.85. The van der Waals surface area contributed by atoms with Gasteiger partial charge >= 0.3 is 0 Å². The quantitative estimate of drug-likeness (QED) is 0.748. The molecule has 0 atom stereocenters. The van der Waals surface area contributed by atoms with Gasteiger partial charge in [0.25, 0.3) is 0 Å². The van der Waals surface area contributed by atoms with E-state index < -0.39 is 0 Å². The predicted molar refractivity (Wildman–Crippen MR) is 77.9 cm³/mol. The number of rotatable bonds is 9. The van der Waals surface area contributed by atoms with Gasteiger partial charge in [-0.3, -0.25) is 9.59 Å². The Morgan fingerprint density at radius 2 is 2.24 bits per heavy atom. The zero-order valence-corrected chi connectivity index (χ0v) is 12.8. The van der Waals surface area contributed by atoms with Crippen LogP contribution in [-0.2, 0) is 14.3 Å². The molecular weight excluding hydrogens is 274 g/mol. The molecule has 0 spiro atoms. The molecule has 0 radical (unpaired) electrons. The summed E-state index contributed by atoms with van der Waals surface area (Å²) in [5, 5.41) is 6.29. The summed E-state index contributed by atoms with van der Waals surface area (Å²) in [6.07, 6.45) is 2.19. The molecule has 1 aromatic heterocycles.